The number of carbonyl (C=O) groups is 1. The summed E-state index contributed by atoms with van der Waals surface area (Å²) in [6.07, 6.45) is 0.962. The van der Waals surface area contributed by atoms with Crippen molar-refractivity contribution in [3.05, 3.63) is 81.7 Å². The van der Waals surface area contributed by atoms with Crippen LogP contribution in [0, 0.1) is 24.0 Å². The van der Waals surface area contributed by atoms with Gasteiger partial charge in [0.05, 0.1) is 16.3 Å². The monoisotopic (exact) mass is 407 g/mol. The molecule has 0 aliphatic carbocycles. The van der Waals surface area contributed by atoms with Crippen molar-refractivity contribution < 1.29 is 9.72 Å². The number of nitrogens with zero attached hydrogens (tertiary/aromatic N) is 3. The van der Waals surface area contributed by atoms with Crippen molar-refractivity contribution in [2.75, 3.05) is 18.4 Å². The van der Waals surface area contributed by atoms with E-state index in [-0.39, 0.29) is 18.0 Å². The van der Waals surface area contributed by atoms with Crippen LogP contribution in [0.2, 0.25) is 0 Å². The second-order valence-electron chi connectivity index (χ2n) is 7.06. The van der Waals surface area contributed by atoms with Gasteiger partial charge in [-0.1, -0.05) is 24.3 Å². The van der Waals surface area contributed by atoms with Crippen molar-refractivity contribution in [1.82, 2.24) is 15.1 Å². The van der Waals surface area contributed by atoms with Gasteiger partial charge in [0.2, 0.25) is 5.91 Å². The number of nitro benzene ring substituents is 1. The Labute approximate surface area is 175 Å². The minimum atomic E-state index is -0.442. The van der Waals surface area contributed by atoms with Crippen molar-refractivity contribution in [2.24, 2.45) is 0 Å². The molecular weight excluding hydrogens is 382 g/mol. The number of aryl methyl sites for hydroxylation is 2. The largest absolute Gasteiger partial charge is 0.379 e. The maximum Gasteiger partial charge on any atom is 0.292 e. The Morgan fingerprint density at radius 2 is 1.83 bits per heavy atom. The minimum Gasteiger partial charge on any atom is -0.379 e. The van der Waals surface area contributed by atoms with Gasteiger partial charge in [-0.25, -0.2) is 4.68 Å². The number of anilines is 1. The Hall–Kier alpha value is -3.68. The molecule has 0 radical (unpaired) electrons. The molecule has 0 spiro atoms. The second kappa shape index (κ2) is 9.69. The van der Waals surface area contributed by atoms with Crippen molar-refractivity contribution in [3.8, 4) is 5.69 Å². The van der Waals surface area contributed by atoms with Crippen LogP contribution in [0.1, 0.15) is 23.4 Å². The van der Waals surface area contributed by atoms with Gasteiger partial charge in [0.1, 0.15) is 5.69 Å². The van der Waals surface area contributed by atoms with E-state index in [1.54, 1.807) is 18.2 Å². The first-order valence-electron chi connectivity index (χ1n) is 9.80. The van der Waals surface area contributed by atoms with E-state index in [2.05, 4.69) is 15.7 Å². The minimum absolute atomic E-state index is 0.00169. The molecule has 0 saturated heterocycles. The highest BCUT2D eigenvalue weighted by Gasteiger charge is 2.12. The maximum absolute atomic E-state index is 12.0. The van der Waals surface area contributed by atoms with Crippen molar-refractivity contribution in [3.63, 3.8) is 0 Å². The fourth-order valence-electron chi connectivity index (χ4n) is 3.22. The fraction of sp³-hybridized carbons (Fsp3) is 0.273. The first kappa shape index (κ1) is 21.0. The lowest BCUT2D eigenvalue weighted by Crippen LogP contribution is -2.27. The number of nitrogens with one attached hydrogen (secondary N) is 2. The van der Waals surface area contributed by atoms with Crippen molar-refractivity contribution >= 4 is 17.3 Å². The number of benzene rings is 2. The van der Waals surface area contributed by atoms with E-state index < -0.39 is 4.92 Å². The van der Waals surface area contributed by atoms with Crippen LogP contribution in [0.5, 0.6) is 0 Å². The summed E-state index contributed by atoms with van der Waals surface area (Å²) in [6.45, 7) is 4.85. The molecule has 2 N–H and O–H groups in total. The third-order valence-electron chi connectivity index (χ3n) is 4.69. The van der Waals surface area contributed by atoms with Gasteiger partial charge >= 0.3 is 0 Å². The van der Waals surface area contributed by atoms with E-state index in [4.69, 9.17) is 0 Å². The van der Waals surface area contributed by atoms with Gasteiger partial charge < -0.3 is 10.6 Å². The predicted octanol–water partition coefficient (Wildman–Crippen LogP) is 3.56. The lowest BCUT2D eigenvalue weighted by atomic mass is 10.1. The van der Waals surface area contributed by atoms with Gasteiger partial charge in [-0.15, -0.1) is 0 Å². The standard InChI is InChI=1S/C22H25N5O3/c1-16-15-17(2)26(25-16)19-9-7-18(8-10-19)11-13-24-22(28)12-14-23-20-5-3-4-6-21(20)27(29)30/h3-10,15,23H,11-14H2,1-2H3,(H,24,28). The first-order chi connectivity index (χ1) is 14.4. The number of hydrogen-bond acceptors (Lipinski definition) is 5. The molecule has 0 unspecified atom stereocenters. The molecule has 3 rings (SSSR count). The van der Waals surface area contributed by atoms with Crippen LogP contribution in [0.25, 0.3) is 5.69 Å². The van der Waals surface area contributed by atoms with Crippen LogP contribution in [-0.2, 0) is 11.2 Å². The Bertz CT molecular complexity index is 1030. The Morgan fingerprint density at radius 1 is 1.10 bits per heavy atom. The third-order valence-corrected chi connectivity index (χ3v) is 4.69. The van der Waals surface area contributed by atoms with Crippen molar-refractivity contribution in [1.29, 1.82) is 0 Å². The number of rotatable bonds is 9. The molecule has 1 heterocycles. The number of nitro groups is 1. The molecule has 0 bridgehead atoms. The summed E-state index contributed by atoms with van der Waals surface area (Å²) < 4.78 is 1.91. The van der Waals surface area contributed by atoms with Crippen LogP contribution < -0.4 is 10.6 Å². The van der Waals surface area contributed by atoms with Gasteiger partial charge in [0.25, 0.3) is 5.69 Å². The molecule has 1 amide bonds. The summed E-state index contributed by atoms with van der Waals surface area (Å²) in [6, 6.07) is 16.5. The first-order valence-corrected chi connectivity index (χ1v) is 9.80. The van der Waals surface area contributed by atoms with E-state index in [9.17, 15) is 14.9 Å². The number of amides is 1. The molecule has 1 aromatic heterocycles. The highest BCUT2D eigenvalue weighted by molar-refractivity contribution is 5.76. The Balaban J connectivity index is 1.41. The topological polar surface area (TPSA) is 102 Å². The smallest absolute Gasteiger partial charge is 0.292 e. The Morgan fingerprint density at radius 3 is 2.50 bits per heavy atom. The average Bonchev–Trinajstić information content (AvgIpc) is 3.07. The van der Waals surface area contributed by atoms with Crippen LogP contribution in [0.15, 0.2) is 54.6 Å². The molecule has 8 heteroatoms. The average molecular weight is 407 g/mol. The highest BCUT2D eigenvalue weighted by atomic mass is 16.6. The number of hydrogen-bond donors (Lipinski definition) is 2. The number of para-hydroxylation sites is 2. The molecular formula is C22H25N5O3. The quantitative estimate of drug-likeness (QED) is 0.417. The zero-order chi connectivity index (χ0) is 21.5. The normalized spacial score (nSPS) is 10.6. The van der Waals surface area contributed by atoms with E-state index >= 15 is 0 Å². The molecule has 156 valence electrons. The van der Waals surface area contributed by atoms with Crippen LogP contribution in [-0.4, -0.2) is 33.7 Å². The lowest BCUT2D eigenvalue weighted by Gasteiger charge is -2.09. The predicted molar refractivity (Wildman–Crippen MR) is 116 cm³/mol. The molecule has 3 aromatic rings. The van der Waals surface area contributed by atoms with Crippen LogP contribution >= 0.6 is 0 Å². The van der Waals surface area contributed by atoms with Gasteiger partial charge in [-0.2, -0.15) is 5.10 Å². The van der Waals surface area contributed by atoms with Gasteiger partial charge in [-0.3, -0.25) is 14.9 Å². The lowest BCUT2D eigenvalue weighted by molar-refractivity contribution is -0.384. The van der Waals surface area contributed by atoms with E-state index in [0.717, 1.165) is 29.1 Å². The number of carbonyl (C=O) groups excluding carboxylic acids is 1. The van der Waals surface area contributed by atoms with Gasteiger partial charge in [-0.05, 0) is 50.1 Å². The molecule has 0 aliphatic heterocycles. The van der Waals surface area contributed by atoms with Gasteiger partial charge in [0.15, 0.2) is 0 Å². The summed E-state index contributed by atoms with van der Waals surface area (Å²) in [7, 11) is 0. The van der Waals surface area contributed by atoms with E-state index in [0.29, 0.717) is 18.8 Å². The summed E-state index contributed by atoms with van der Waals surface area (Å²) in [5, 5.41) is 21.3. The molecule has 0 atom stereocenters. The van der Waals surface area contributed by atoms with E-state index in [1.165, 1.54) is 6.07 Å². The molecule has 0 fully saturated rings. The SMILES string of the molecule is Cc1cc(C)n(-c2ccc(CCNC(=O)CCNc3ccccc3[N+](=O)[O-])cc2)n1. The zero-order valence-corrected chi connectivity index (χ0v) is 17.1. The summed E-state index contributed by atoms with van der Waals surface area (Å²) in [4.78, 5) is 22.6. The summed E-state index contributed by atoms with van der Waals surface area (Å²) in [5.74, 6) is -0.0969. The molecule has 0 saturated carbocycles. The number of aromatic nitrogens is 2. The van der Waals surface area contributed by atoms with Gasteiger partial charge in [0, 0.05) is 31.3 Å². The third kappa shape index (κ3) is 5.44. The van der Waals surface area contributed by atoms with E-state index in [1.807, 2.05) is 48.9 Å². The maximum atomic E-state index is 12.0. The second-order valence-corrected chi connectivity index (χ2v) is 7.06. The fourth-order valence-corrected chi connectivity index (χ4v) is 3.22. The zero-order valence-electron chi connectivity index (χ0n) is 17.1. The molecule has 8 nitrogen and oxygen atoms in total. The highest BCUT2D eigenvalue weighted by Crippen LogP contribution is 2.22. The summed E-state index contributed by atoms with van der Waals surface area (Å²) >= 11 is 0. The molecule has 30 heavy (non-hydrogen) atoms. The summed E-state index contributed by atoms with van der Waals surface area (Å²) in [5.41, 5.74) is 4.62. The molecule has 0 aliphatic rings. The van der Waals surface area contributed by atoms with Crippen molar-refractivity contribution in [2.45, 2.75) is 26.7 Å². The molecule has 2 aromatic carbocycles. The van der Waals surface area contributed by atoms with Crippen LogP contribution in [0.4, 0.5) is 11.4 Å². The Kier molecular flexibility index (Phi) is 6.79. The van der Waals surface area contributed by atoms with Crippen LogP contribution in [0.3, 0.4) is 0 Å².